The maximum Gasteiger partial charge on any atom is 0.408 e. The van der Waals surface area contributed by atoms with Gasteiger partial charge in [-0.05, 0) is 18.4 Å². The first-order valence-electron chi connectivity index (χ1n) is 15.7. The van der Waals surface area contributed by atoms with Crippen molar-refractivity contribution in [1.29, 1.82) is 0 Å². The topological polar surface area (TPSA) is 365 Å². The van der Waals surface area contributed by atoms with Gasteiger partial charge in [-0.1, -0.05) is 30.3 Å². The number of rotatable bonds is 24. The Morgan fingerprint density at radius 1 is 0.608 bits per heavy atom. The van der Waals surface area contributed by atoms with E-state index in [1.807, 2.05) is 0 Å². The molecule has 0 aromatic heterocycles. The van der Waals surface area contributed by atoms with Crippen molar-refractivity contribution < 1.29 is 84.9 Å². The highest BCUT2D eigenvalue weighted by Gasteiger charge is 2.32. The fourth-order valence-corrected chi connectivity index (χ4v) is 4.24. The van der Waals surface area contributed by atoms with Gasteiger partial charge >= 0.3 is 12.1 Å². The number of aliphatic hydroxyl groups excluding tert-OH is 10. The molecule has 290 valence electrons. The molecule has 0 aliphatic carbocycles. The monoisotopic (exact) mass is 736 g/mol. The van der Waals surface area contributed by atoms with Crippen LogP contribution in [0.15, 0.2) is 30.3 Å². The maximum atomic E-state index is 13.1. The number of carbonyl (C=O) groups excluding carboxylic acids is 4. The zero-order valence-electron chi connectivity index (χ0n) is 27.4. The number of benzene rings is 1. The lowest BCUT2D eigenvalue weighted by atomic mass is 10.0. The van der Waals surface area contributed by atoms with E-state index in [9.17, 15) is 69.9 Å². The van der Waals surface area contributed by atoms with Crippen molar-refractivity contribution in [3.05, 3.63) is 35.9 Å². The molecule has 0 unspecified atom stereocenters. The quantitative estimate of drug-likeness (QED) is 0.0469. The molecule has 0 saturated carbocycles. The van der Waals surface area contributed by atoms with Gasteiger partial charge in [0.15, 0.2) is 0 Å². The number of alkyl carbamates (subject to hydrolysis) is 1. The van der Waals surface area contributed by atoms with E-state index in [0.717, 1.165) is 0 Å². The van der Waals surface area contributed by atoms with E-state index < -0.39 is 143 Å². The number of carboxylic acids is 1. The van der Waals surface area contributed by atoms with Crippen LogP contribution in [0.3, 0.4) is 0 Å². The molecule has 0 saturated heterocycles. The molecular formula is C30H48N4O17. The van der Waals surface area contributed by atoms with E-state index in [-0.39, 0.29) is 6.61 Å². The van der Waals surface area contributed by atoms with Crippen LogP contribution in [-0.4, -0.2) is 173 Å². The zero-order valence-corrected chi connectivity index (χ0v) is 27.4. The summed E-state index contributed by atoms with van der Waals surface area (Å²) in [5, 5.41) is 114. The van der Waals surface area contributed by atoms with Crippen LogP contribution >= 0.6 is 0 Å². The summed E-state index contributed by atoms with van der Waals surface area (Å²) >= 11 is 0. The van der Waals surface area contributed by atoms with Crippen molar-refractivity contribution in [2.75, 3.05) is 26.3 Å². The molecule has 1 aromatic carbocycles. The van der Waals surface area contributed by atoms with Crippen LogP contribution in [0.2, 0.25) is 0 Å². The number of aliphatic hydroxyl groups is 10. The van der Waals surface area contributed by atoms with Crippen LogP contribution in [0.4, 0.5) is 4.79 Å². The number of hydrogen-bond acceptors (Lipinski definition) is 16. The molecule has 1 rings (SSSR count). The van der Waals surface area contributed by atoms with Gasteiger partial charge < -0.3 is 82.2 Å². The molecule has 0 spiro atoms. The second-order valence-corrected chi connectivity index (χ2v) is 11.4. The first-order valence-corrected chi connectivity index (χ1v) is 15.7. The lowest BCUT2D eigenvalue weighted by molar-refractivity contribution is -0.142. The summed E-state index contributed by atoms with van der Waals surface area (Å²) in [6, 6.07) is 5.10. The largest absolute Gasteiger partial charge is 0.480 e. The van der Waals surface area contributed by atoms with E-state index in [0.29, 0.717) is 5.56 Å². The molecular weight excluding hydrogens is 688 g/mol. The molecule has 15 N–H and O–H groups in total. The van der Waals surface area contributed by atoms with Crippen molar-refractivity contribution in [3.63, 3.8) is 0 Å². The molecule has 0 radical (unpaired) electrons. The second kappa shape index (κ2) is 23.4. The minimum atomic E-state index is -1.96. The lowest BCUT2D eigenvalue weighted by Crippen LogP contribution is -2.52. The Morgan fingerprint density at radius 3 is 1.47 bits per heavy atom. The van der Waals surface area contributed by atoms with E-state index in [1.54, 1.807) is 30.3 Å². The van der Waals surface area contributed by atoms with E-state index >= 15 is 0 Å². The van der Waals surface area contributed by atoms with Crippen molar-refractivity contribution >= 4 is 29.8 Å². The van der Waals surface area contributed by atoms with Crippen LogP contribution in [-0.2, 0) is 30.5 Å². The molecule has 10 atom stereocenters. The lowest BCUT2D eigenvalue weighted by Gasteiger charge is -2.26. The van der Waals surface area contributed by atoms with Gasteiger partial charge in [-0.25, -0.2) is 9.59 Å². The van der Waals surface area contributed by atoms with E-state index in [2.05, 4.69) is 21.3 Å². The van der Waals surface area contributed by atoms with Crippen molar-refractivity contribution in [2.24, 2.45) is 0 Å². The van der Waals surface area contributed by atoms with Gasteiger partial charge in [-0.3, -0.25) is 14.4 Å². The normalized spacial score (nSPS) is 17.2. The average Bonchev–Trinajstić information content (AvgIpc) is 3.13. The molecule has 4 amide bonds. The SMILES string of the molecule is O=C(CC[C@H](NC(=O)[C@H](CCC(=O)NC[C@@H](O)[C@H](O)[C@@H](O)[C@@H](O)CO)NC(=O)OCc1ccccc1)C(=O)O)NC[C@@H](O)[C@H](O)[C@@H](O)[C@@H](O)CO. The molecule has 1 aromatic rings. The van der Waals surface area contributed by atoms with E-state index in [4.69, 9.17) is 14.9 Å². The van der Waals surface area contributed by atoms with Gasteiger partial charge in [0.05, 0.1) is 25.4 Å². The number of carbonyl (C=O) groups is 5. The number of hydrogen-bond donors (Lipinski definition) is 15. The minimum absolute atomic E-state index is 0.210. The Morgan fingerprint density at radius 2 is 1.04 bits per heavy atom. The van der Waals surface area contributed by atoms with Crippen molar-refractivity contribution in [3.8, 4) is 0 Å². The van der Waals surface area contributed by atoms with Gasteiger partial charge in [-0.2, -0.15) is 0 Å². The van der Waals surface area contributed by atoms with Crippen molar-refractivity contribution in [1.82, 2.24) is 21.3 Å². The molecule has 0 bridgehead atoms. The van der Waals surface area contributed by atoms with Gasteiger partial charge in [-0.15, -0.1) is 0 Å². The molecule has 0 aliphatic rings. The Balaban J connectivity index is 2.85. The third kappa shape index (κ3) is 16.7. The smallest absolute Gasteiger partial charge is 0.408 e. The summed E-state index contributed by atoms with van der Waals surface area (Å²) in [6.07, 6.45) is -18.1. The molecule has 21 heteroatoms. The third-order valence-corrected chi connectivity index (χ3v) is 7.42. The summed E-state index contributed by atoms with van der Waals surface area (Å²) in [5.41, 5.74) is 0.593. The number of ether oxygens (including phenoxy) is 1. The standard InChI is InChI=1S/C30H48N4O17/c35-12-20(39)26(45)24(43)18(37)10-31-22(41)8-6-16(34-30(50)51-14-15-4-2-1-3-5-15)28(47)33-17(29(48)49)7-9-23(42)32-11-19(38)25(44)27(46)21(40)13-36/h1-5,16-21,24-27,35-40,43-46H,6-14H2,(H,31,41)(H,32,42)(H,33,47)(H,34,50)(H,48,49)/t16-,17-,18+,19+,20-,21-,24-,25-,26-,27-/m0/s1. The zero-order chi connectivity index (χ0) is 38.7. The summed E-state index contributed by atoms with van der Waals surface area (Å²) in [5.74, 6) is -4.36. The number of amides is 4. The summed E-state index contributed by atoms with van der Waals surface area (Å²) in [6.45, 7) is -3.32. The second-order valence-electron chi connectivity index (χ2n) is 11.4. The minimum Gasteiger partial charge on any atom is -0.480 e. The number of carboxylic acid groups (broad SMARTS) is 1. The summed E-state index contributed by atoms with van der Waals surface area (Å²) in [7, 11) is 0. The Bertz CT molecular complexity index is 1230. The number of nitrogens with one attached hydrogen (secondary N) is 4. The highest BCUT2D eigenvalue weighted by molar-refractivity contribution is 5.90. The van der Waals surface area contributed by atoms with Crippen LogP contribution in [0, 0.1) is 0 Å². The van der Waals surface area contributed by atoms with E-state index in [1.165, 1.54) is 0 Å². The fourth-order valence-electron chi connectivity index (χ4n) is 4.24. The molecule has 51 heavy (non-hydrogen) atoms. The first kappa shape index (κ1) is 45.0. The first-order chi connectivity index (χ1) is 24.0. The molecule has 0 heterocycles. The van der Waals surface area contributed by atoms with Gasteiger partial charge in [0.1, 0.15) is 55.3 Å². The predicted octanol–water partition coefficient (Wildman–Crippen LogP) is -6.48. The maximum absolute atomic E-state index is 13.1. The average molecular weight is 737 g/mol. The third-order valence-electron chi connectivity index (χ3n) is 7.42. The van der Waals surface area contributed by atoms with Crippen LogP contribution in [0.25, 0.3) is 0 Å². The highest BCUT2D eigenvalue weighted by atomic mass is 16.5. The predicted molar refractivity (Wildman–Crippen MR) is 170 cm³/mol. The Kier molecular flexibility index (Phi) is 20.7. The van der Waals surface area contributed by atoms with Crippen LogP contribution < -0.4 is 21.3 Å². The fraction of sp³-hybridized carbons (Fsp3) is 0.633. The molecule has 21 nitrogen and oxygen atoms in total. The summed E-state index contributed by atoms with van der Waals surface area (Å²) < 4.78 is 5.10. The van der Waals surface area contributed by atoms with Crippen LogP contribution in [0.1, 0.15) is 31.2 Å². The van der Waals surface area contributed by atoms with Gasteiger partial charge in [0, 0.05) is 25.9 Å². The molecule has 0 fully saturated rings. The van der Waals surface area contributed by atoms with Crippen LogP contribution in [0.5, 0.6) is 0 Å². The number of aliphatic carboxylic acids is 1. The highest BCUT2D eigenvalue weighted by Crippen LogP contribution is 2.08. The Hall–Kier alpha value is -4.03. The van der Waals surface area contributed by atoms with Crippen molar-refractivity contribution in [2.45, 2.75) is 93.2 Å². The van der Waals surface area contributed by atoms with Gasteiger partial charge in [0.2, 0.25) is 17.7 Å². The molecule has 0 aliphatic heterocycles. The van der Waals surface area contributed by atoms with Gasteiger partial charge in [0.25, 0.3) is 0 Å². The summed E-state index contributed by atoms with van der Waals surface area (Å²) in [4.78, 5) is 62.3. The Labute approximate surface area is 291 Å².